The Morgan fingerprint density at radius 3 is 2.52 bits per heavy atom. The van der Waals surface area contributed by atoms with Gasteiger partial charge in [-0.2, -0.15) is 0 Å². The molecule has 1 unspecified atom stereocenters. The number of nitrogens with two attached hydrogens (primary N) is 1. The largest absolute Gasteiger partial charge is 0.271 e. The van der Waals surface area contributed by atoms with Gasteiger partial charge in [0.25, 0.3) is 0 Å². The normalized spacial score (nSPS) is 12.5. The quantitative estimate of drug-likeness (QED) is 0.572. The van der Waals surface area contributed by atoms with Crippen molar-refractivity contribution in [3.63, 3.8) is 0 Å². The van der Waals surface area contributed by atoms with Crippen molar-refractivity contribution >= 4 is 10.8 Å². The van der Waals surface area contributed by atoms with E-state index < -0.39 is 0 Å². The van der Waals surface area contributed by atoms with Crippen molar-refractivity contribution < 1.29 is 4.39 Å². The number of rotatable bonds is 3. The molecule has 3 N–H and O–H groups in total. The molecule has 0 aliphatic carbocycles. The molecular formula is C17H16FN3. The maximum atomic E-state index is 14.0. The van der Waals surface area contributed by atoms with Crippen LogP contribution in [0.2, 0.25) is 0 Å². The molecule has 0 bridgehead atoms. The highest BCUT2D eigenvalue weighted by molar-refractivity contribution is 5.87. The van der Waals surface area contributed by atoms with E-state index in [-0.39, 0.29) is 11.9 Å². The minimum Gasteiger partial charge on any atom is -0.271 e. The van der Waals surface area contributed by atoms with Crippen LogP contribution in [0.15, 0.2) is 54.9 Å². The molecule has 2 aromatic carbocycles. The summed E-state index contributed by atoms with van der Waals surface area (Å²) in [6.45, 7) is 2.01. The van der Waals surface area contributed by atoms with E-state index in [9.17, 15) is 4.39 Å². The fourth-order valence-corrected chi connectivity index (χ4v) is 2.66. The third kappa shape index (κ3) is 2.39. The monoisotopic (exact) mass is 281 g/mol. The van der Waals surface area contributed by atoms with Crippen LogP contribution in [0.25, 0.3) is 10.8 Å². The van der Waals surface area contributed by atoms with Crippen LogP contribution in [0.3, 0.4) is 0 Å². The lowest BCUT2D eigenvalue weighted by molar-refractivity contribution is 0.625. The smallest absolute Gasteiger partial charge is 0.131 e. The Hall–Kier alpha value is -2.30. The summed E-state index contributed by atoms with van der Waals surface area (Å²) in [7, 11) is 0. The first-order valence-electron chi connectivity index (χ1n) is 6.76. The molecule has 3 rings (SSSR count). The van der Waals surface area contributed by atoms with Gasteiger partial charge < -0.3 is 0 Å². The summed E-state index contributed by atoms with van der Waals surface area (Å²) >= 11 is 0. The van der Waals surface area contributed by atoms with Gasteiger partial charge in [0.2, 0.25) is 0 Å². The van der Waals surface area contributed by atoms with Crippen molar-refractivity contribution in [1.29, 1.82) is 0 Å². The molecule has 21 heavy (non-hydrogen) atoms. The number of hydrogen-bond donors (Lipinski definition) is 2. The van der Waals surface area contributed by atoms with Crippen molar-refractivity contribution in [1.82, 2.24) is 10.4 Å². The fraction of sp³-hybridized carbons (Fsp3) is 0.118. The Morgan fingerprint density at radius 1 is 1.05 bits per heavy atom. The van der Waals surface area contributed by atoms with Crippen LogP contribution in [0.4, 0.5) is 4.39 Å². The molecule has 1 atom stereocenters. The minimum atomic E-state index is -0.232. The Morgan fingerprint density at radius 2 is 1.81 bits per heavy atom. The number of hydrazine groups is 1. The van der Waals surface area contributed by atoms with Gasteiger partial charge in [0.15, 0.2) is 0 Å². The summed E-state index contributed by atoms with van der Waals surface area (Å²) in [4.78, 5) is 4.17. The highest BCUT2D eigenvalue weighted by atomic mass is 19.1. The van der Waals surface area contributed by atoms with Crippen molar-refractivity contribution in [2.75, 3.05) is 0 Å². The lowest BCUT2D eigenvalue weighted by Gasteiger charge is -2.20. The van der Waals surface area contributed by atoms with Gasteiger partial charge in [-0.05, 0) is 41.1 Å². The van der Waals surface area contributed by atoms with Crippen molar-refractivity contribution in [2.24, 2.45) is 5.84 Å². The second kappa shape index (κ2) is 5.60. The molecule has 3 nitrogen and oxygen atoms in total. The van der Waals surface area contributed by atoms with Crippen LogP contribution in [-0.2, 0) is 0 Å². The Balaban J connectivity index is 2.23. The van der Waals surface area contributed by atoms with Gasteiger partial charge in [-0.3, -0.25) is 10.8 Å². The van der Waals surface area contributed by atoms with Crippen LogP contribution in [0.5, 0.6) is 0 Å². The molecule has 0 spiro atoms. The topological polar surface area (TPSA) is 50.9 Å². The van der Waals surface area contributed by atoms with E-state index in [0.717, 1.165) is 22.1 Å². The number of hydrogen-bond acceptors (Lipinski definition) is 3. The van der Waals surface area contributed by atoms with E-state index in [4.69, 9.17) is 5.84 Å². The zero-order valence-electron chi connectivity index (χ0n) is 11.7. The SMILES string of the molecule is Cc1ccncc1C(NN)c1ccc(F)c2ccccc12. The second-order valence-electron chi connectivity index (χ2n) is 5.01. The number of nitrogens with one attached hydrogen (secondary N) is 1. The van der Waals surface area contributed by atoms with E-state index in [1.807, 2.05) is 31.2 Å². The molecule has 0 aliphatic rings. The van der Waals surface area contributed by atoms with E-state index in [1.54, 1.807) is 24.5 Å². The first-order chi connectivity index (χ1) is 10.2. The summed E-state index contributed by atoms with van der Waals surface area (Å²) in [5.74, 6) is 5.53. The number of halogens is 1. The average Bonchev–Trinajstić information content (AvgIpc) is 2.52. The van der Waals surface area contributed by atoms with Crippen LogP contribution in [0.1, 0.15) is 22.7 Å². The van der Waals surface area contributed by atoms with Gasteiger partial charge in [0.1, 0.15) is 5.82 Å². The van der Waals surface area contributed by atoms with Gasteiger partial charge in [0, 0.05) is 17.8 Å². The average molecular weight is 281 g/mol. The molecule has 0 radical (unpaired) electrons. The zero-order chi connectivity index (χ0) is 14.8. The van der Waals surface area contributed by atoms with E-state index in [1.165, 1.54) is 6.07 Å². The number of aromatic nitrogens is 1. The molecule has 106 valence electrons. The zero-order valence-corrected chi connectivity index (χ0v) is 11.7. The molecule has 3 aromatic rings. The van der Waals surface area contributed by atoms with Crippen LogP contribution < -0.4 is 11.3 Å². The molecule has 1 aromatic heterocycles. The molecule has 0 amide bonds. The van der Waals surface area contributed by atoms with Gasteiger partial charge in [-0.15, -0.1) is 0 Å². The highest BCUT2D eigenvalue weighted by Gasteiger charge is 2.18. The van der Waals surface area contributed by atoms with E-state index >= 15 is 0 Å². The maximum absolute atomic E-state index is 14.0. The molecular weight excluding hydrogens is 265 g/mol. The number of nitrogens with zero attached hydrogens (tertiary/aromatic N) is 1. The van der Waals surface area contributed by atoms with Crippen molar-refractivity contribution in [2.45, 2.75) is 13.0 Å². The van der Waals surface area contributed by atoms with Gasteiger partial charge in [0.05, 0.1) is 6.04 Å². The number of fused-ring (bicyclic) bond motifs is 1. The van der Waals surface area contributed by atoms with Crippen LogP contribution in [0, 0.1) is 12.7 Å². The molecule has 0 saturated carbocycles. The molecule has 4 heteroatoms. The minimum absolute atomic E-state index is 0.229. The summed E-state index contributed by atoms with van der Waals surface area (Å²) in [5.41, 5.74) is 5.83. The van der Waals surface area contributed by atoms with E-state index in [0.29, 0.717) is 5.39 Å². The summed E-state index contributed by atoms with van der Waals surface area (Å²) in [6, 6.07) is 12.4. The third-order valence-electron chi connectivity index (χ3n) is 3.77. The molecule has 0 aliphatic heterocycles. The first kappa shape index (κ1) is 13.7. The fourth-order valence-electron chi connectivity index (χ4n) is 2.66. The van der Waals surface area contributed by atoms with Crippen molar-refractivity contribution in [3.8, 4) is 0 Å². The summed E-state index contributed by atoms with van der Waals surface area (Å²) in [5, 5.41) is 1.44. The van der Waals surface area contributed by atoms with E-state index in [2.05, 4.69) is 10.4 Å². The molecule has 0 fully saturated rings. The van der Waals surface area contributed by atoms with Crippen LogP contribution in [-0.4, -0.2) is 4.98 Å². The predicted octanol–water partition coefficient (Wildman–Crippen LogP) is 3.24. The van der Waals surface area contributed by atoms with Crippen molar-refractivity contribution in [3.05, 3.63) is 77.4 Å². The predicted molar refractivity (Wildman–Crippen MR) is 82.0 cm³/mol. The summed E-state index contributed by atoms with van der Waals surface area (Å²) < 4.78 is 14.0. The highest BCUT2D eigenvalue weighted by Crippen LogP contribution is 2.30. The van der Waals surface area contributed by atoms with Crippen LogP contribution >= 0.6 is 0 Å². The number of aryl methyl sites for hydroxylation is 1. The Kier molecular flexibility index (Phi) is 3.64. The lowest BCUT2D eigenvalue weighted by Crippen LogP contribution is -2.29. The van der Waals surface area contributed by atoms with Gasteiger partial charge in [-0.25, -0.2) is 9.82 Å². The number of benzene rings is 2. The third-order valence-corrected chi connectivity index (χ3v) is 3.77. The standard InChI is InChI=1S/C17H16FN3/c1-11-8-9-20-10-15(11)17(21-19)14-6-7-16(18)13-5-3-2-4-12(13)14/h2-10,17,21H,19H2,1H3. The van der Waals surface area contributed by atoms with Gasteiger partial charge >= 0.3 is 0 Å². The number of pyridine rings is 1. The Bertz CT molecular complexity index is 786. The first-order valence-corrected chi connectivity index (χ1v) is 6.76. The Labute approximate surface area is 122 Å². The lowest BCUT2D eigenvalue weighted by atomic mass is 9.93. The van der Waals surface area contributed by atoms with Gasteiger partial charge in [-0.1, -0.05) is 30.3 Å². The summed E-state index contributed by atoms with van der Waals surface area (Å²) in [6.07, 6.45) is 3.53. The molecule has 0 saturated heterocycles. The molecule has 1 heterocycles. The second-order valence-corrected chi connectivity index (χ2v) is 5.01. The maximum Gasteiger partial charge on any atom is 0.131 e.